The fraction of sp³-hybridized carbons (Fsp3) is 0.760. The number of aliphatic hydroxyl groups is 2. The first-order chi connectivity index (χ1) is 14.7. The zero-order chi connectivity index (χ0) is 22.2. The lowest BCUT2D eigenvalue weighted by atomic mass is 9.46. The molecule has 5 unspecified atom stereocenters. The molecule has 5 rings (SSSR count). The molecule has 1 aliphatic heterocycles. The molecule has 0 bridgehead atoms. The van der Waals surface area contributed by atoms with Crippen molar-refractivity contribution in [1.82, 2.24) is 0 Å². The third-order valence-corrected chi connectivity index (χ3v) is 9.37. The lowest BCUT2D eigenvalue weighted by Gasteiger charge is -2.59. The second kappa shape index (κ2) is 7.08. The third kappa shape index (κ3) is 2.65. The smallest absolute Gasteiger partial charge is 0.193 e. The number of rotatable bonds is 4. The molecule has 2 N–H and O–H groups in total. The number of aliphatic hydroxyl groups excluding tert-OH is 2. The molecule has 0 radical (unpaired) electrons. The van der Waals surface area contributed by atoms with Crippen LogP contribution >= 0.6 is 0 Å². The third-order valence-electron chi connectivity index (χ3n) is 9.37. The SMILES string of the molecule is CCCC1O[C@@H]2CC3C4CCC5=CC(=O)C=C[C@]5(C)C4C(O)C[C@]3(C)[C@@]2(C(=O)CO)O1. The van der Waals surface area contributed by atoms with E-state index in [-0.39, 0.29) is 34.7 Å². The highest BCUT2D eigenvalue weighted by Gasteiger charge is 2.75. The van der Waals surface area contributed by atoms with Crippen LogP contribution in [-0.2, 0) is 19.1 Å². The maximum absolute atomic E-state index is 13.2. The van der Waals surface area contributed by atoms with E-state index in [0.717, 1.165) is 24.8 Å². The van der Waals surface area contributed by atoms with Gasteiger partial charge in [-0.3, -0.25) is 9.59 Å². The molecule has 0 aromatic rings. The number of ether oxygens (including phenoxy) is 2. The second-order valence-electron chi connectivity index (χ2n) is 10.7. The normalized spacial score (nSPS) is 50.4. The lowest BCUT2D eigenvalue weighted by molar-refractivity contribution is -0.200. The van der Waals surface area contributed by atoms with Crippen LogP contribution in [0.4, 0.5) is 0 Å². The van der Waals surface area contributed by atoms with E-state index in [1.165, 1.54) is 0 Å². The predicted molar refractivity (Wildman–Crippen MR) is 113 cm³/mol. The summed E-state index contributed by atoms with van der Waals surface area (Å²) in [7, 11) is 0. The van der Waals surface area contributed by atoms with Gasteiger partial charge in [-0.05, 0) is 56.1 Å². The molecule has 6 nitrogen and oxygen atoms in total. The molecule has 3 saturated carbocycles. The van der Waals surface area contributed by atoms with Crippen molar-refractivity contribution in [3.63, 3.8) is 0 Å². The van der Waals surface area contributed by atoms with Crippen LogP contribution in [0.2, 0.25) is 0 Å². The van der Waals surface area contributed by atoms with Gasteiger partial charge in [-0.1, -0.05) is 38.8 Å². The Morgan fingerprint density at radius 1 is 1.32 bits per heavy atom. The molecule has 5 aliphatic rings. The van der Waals surface area contributed by atoms with Crippen molar-refractivity contribution in [2.45, 2.75) is 83.4 Å². The van der Waals surface area contributed by atoms with Crippen molar-refractivity contribution in [3.8, 4) is 0 Å². The average Bonchev–Trinajstić information content (AvgIpc) is 3.20. The summed E-state index contributed by atoms with van der Waals surface area (Å²) < 4.78 is 12.7. The highest BCUT2D eigenvalue weighted by Crippen LogP contribution is 2.69. The van der Waals surface area contributed by atoms with Crippen molar-refractivity contribution in [3.05, 3.63) is 23.8 Å². The minimum absolute atomic E-state index is 0.0125. The van der Waals surface area contributed by atoms with Gasteiger partial charge >= 0.3 is 0 Å². The van der Waals surface area contributed by atoms with Crippen LogP contribution in [0.25, 0.3) is 0 Å². The van der Waals surface area contributed by atoms with Crippen molar-refractivity contribution in [1.29, 1.82) is 0 Å². The number of fused-ring (bicyclic) bond motifs is 7. The highest BCUT2D eigenvalue weighted by molar-refractivity contribution is 6.01. The Morgan fingerprint density at radius 3 is 2.81 bits per heavy atom. The first kappa shape index (κ1) is 21.5. The Hall–Kier alpha value is -1.34. The molecule has 31 heavy (non-hydrogen) atoms. The molecule has 0 amide bonds. The summed E-state index contributed by atoms with van der Waals surface area (Å²) in [6, 6.07) is 0. The molecule has 0 spiro atoms. The summed E-state index contributed by atoms with van der Waals surface area (Å²) in [6.07, 6.45) is 8.31. The van der Waals surface area contributed by atoms with Gasteiger partial charge in [-0.2, -0.15) is 0 Å². The van der Waals surface area contributed by atoms with Crippen molar-refractivity contribution in [2.24, 2.45) is 28.6 Å². The Bertz CT molecular complexity index is 862. The number of ketones is 2. The molecule has 0 aromatic carbocycles. The van der Waals surface area contributed by atoms with Crippen molar-refractivity contribution in [2.75, 3.05) is 6.61 Å². The van der Waals surface area contributed by atoms with Crippen LogP contribution in [0.1, 0.15) is 59.3 Å². The molecule has 4 fully saturated rings. The van der Waals surface area contributed by atoms with Crippen LogP contribution in [0.5, 0.6) is 0 Å². The minimum Gasteiger partial charge on any atom is -0.393 e. The molecule has 0 aromatic heterocycles. The quantitative estimate of drug-likeness (QED) is 0.712. The summed E-state index contributed by atoms with van der Waals surface area (Å²) in [5, 5.41) is 21.4. The fourth-order valence-electron chi connectivity index (χ4n) is 8.12. The predicted octanol–water partition coefficient (Wildman–Crippen LogP) is 2.72. The fourth-order valence-corrected chi connectivity index (χ4v) is 8.12. The van der Waals surface area contributed by atoms with Crippen LogP contribution in [0, 0.1) is 28.6 Å². The Kier molecular flexibility index (Phi) is 4.91. The maximum Gasteiger partial charge on any atom is 0.193 e. The summed E-state index contributed by atoms with van der Waals surface area (Å²) in [5.41, 5.74) is -1.05. The van der Waals surface area contributed by atoms with E-state index in [2.05, 4.69) is 20.8 Å². The molecule has 4 aliphatic carbocycles. The van der Waals surface area contributed by atoms with Crippen LogP contribution in [-0.4, -0.2) is 52.5 Å². The Labute approximate surface area is 183 Å². The van der Waals surface area contributed by atoms with Gasteiger partial charge in [0.15, 0.2) is 23.5 Å². The second-order valence-corrected chi connectivity index (χ2v) is 10.7. The van der Waals surface area contributed by atoms with E-state index in [9.17, 15) is 19.8 Å². The summed E-state index contributed by atoms with van der Waals surface area (Å²) in [6.45, 7) is 5.67. The van der Waals surface area contributed by atoms with Gasteiger partial charge in [0.1, 0.15) is 6.61 Å². The van der Waals surface area contributed by atoms with Gasteiger partial charge in [0.2, 0.25) is 0 Å². The van der Waals surface area contributed by atoms with Crippen molar-refractivity contribution < 1.29 is 29.3 Å². The summed E-state index contributed by atoms with van der Waals surface area (Å²) >= 11 is 0. The van der Waals surface area contributed by atoms with E-state index < -0.39 is 36.1 Å². The molecular weight excluding hydrogens is 396 g/mol. The lowest BCUT2D eigenvalue weighted by Crippen LogP contribution is -2.63. The van der Waals surface area contributed by atoms with E-state index in [0.29, 0.717) is 19.3 Å². The van der Waals surface area contributed by atoms with Gasteiger partial charge in [-0.15, -0.1) is 0 Å². The number of carbonyl (C=O) groups is 2. The Morgan fingerprint density at radius 2 is 2.10 bits per heavy atom. The molecule has 1 saturated heterocycles. The van der Waals surface area contributed by atoms with E-state index in [4.69, 9.17) is 9.47 Å². The monoisotopic (exact) mass is 430 g/mol. The highest BCUT2D eigenvalue weighted by atomic mass is 16.7. The number of hydrogen-bond acceptors (Lipinski definition) is 6. The van der Waals surface area contributed by atoms with E-state index in [1.54, 1.807) is 12.2 Å². The van der Waals surface area contributed by atoms with Gasteiger partial charge in [-0.25, -0.2) is 0 Å². The van der Waals surface area contributed by atoms with E-state index in [1.807, 2.05) is 6.08 Å². The van der Waals surface area contributed by atoms with E-state index >= 15 is 0 Å². The van der Waals surface area contributed by atoms with Gasteiger partial charge in [0.25, 0.3) is 0 Å². The van der Waals surface area contributed by atoms with Crippen LogP contribution in [0.15, 0.2) is 23.8 Å². The van der Waals surface area contributed by atoms with Crippen LogP contribution in [0.3, 0.4) is 0 Å². The zero-order valence-corrected chi connectivity index (χ0v) is 18.7. The largest absolute Gasteiger partial charge is 0.393 e. The maximum atomic E-state index is 13.2. The standard InChI is InChI=1S/C25H34O6/c1-4-5-21-30-20-11-17-16-7-6-14-10-15(27)8-9-23(14,2)22(16)18(28)12-24(17,3)25(20,31-21)19(29)13-26/h8-10,16-18,20-22,26,28H,4-7,11-13H2,1-3H3/t16?,17?,18?,20-,21?,22?,23+,24+,25+/m1/s1. The van der Waals surface area contributed by atoms with Gasteiger partial charge in [0.05, 0.1) is 12.2 Å². The molecule has 1 heterocycles. The summed E-state index contributed by atoms with van der Waals surface area (Å²) in [5.74, 6) is 0.0274. The first-order valence-electron chi connectivity index (χ1n) is 11.8. The Balaban J connectivity index is 1.55. The molecule has 9 atom stereocenters. The molecule has 170 valence electrons. The van der Waals surface area contributed by atoms with Gasteiger partial charge < -0.3 is 19.7 Å². The van der Waals surface area contributed by atoms with Crippen molar-refractivity contribution >= 4 is 11.6 Å². The van der Waals surface area contributed by atoms with Crippen LogP contribution < -0.4 is 0 Å². The first-order valence-corrected chi connectivity index (χ1v) is 11.8. The zero-order valence-electron chi connectivity index (χ0n) is 18.7. The molecule has 6 heteroatoms. The number of carbonyl (C=O) groups excluding carboxylic acids is 2. The van der Waals surface area contributed by atoms with Gasteiger partial charge in [0, 0.05) is 16.7 Å². The summed E-state index contributed by atoms with van der Waals surface area (Å²) in [4.78, 5) is 25.2. The number of hydrogen-bond donors (Lipinski definition) is 2. The topological polar surface area (TPSA) is 93.1 Å². The number of Topliss-reactive ketones (excluding diaryl/α,β-unsaturated/α-hetero) is 1. The average molecular weight is 431 g/mol. The number of allylic oxidation sites excluding steroid dienone is 4. The molecular formula is C25H34O6. The minimum atomic E-state index is -1.20.